The van der Waals surface area contributed by atoms with Crippen LogP contribution in [0.2, 0.25) is 0 Å². The van der Waals surface area contributed by atoms with Gasteiger partial charge in [-0.05, 0) is 17.7 Å². The highest BCUT2D eigenvalue weighted by molar-refractivity contribution is 9.11. The second-order valence-corrected chi connectivity index (χ2v) is 6.42. The molecule has 0 fully saturated rings. The lowest BCUT2D eigenvalue weighted by Crippen LogP contribution is -1.96. The Kier molecular flexibility index (Phi) is 3.77. The summed E-state index contributed by atoms with van der Waals surface area (Å²) in [5.41, 5.74) is 8.62. The smallest absolute Gasteiger partial charge is 0.175 e. The number of rotatable bonds is 2. The van der Waals surface area contributed by atoms with Gasteiger partial charge in [-0.3, -0.25) is 0 Å². The molecule has 0 saturated heterocycles. The van der Waals surface area contributed by atoms with E-state index in [4.69, 9.17) is 5.53 Å². The largest absolute Gasteiger partial charge is 0.224 e. The summed E-state index contributed by atoms with van der Waals surface area (Å²) in [5, 5.41) is 3.42. The second kappa shape index (κ2) is 4.52. The van der Waals surface area contributed by atoms with Gasteiger partial charge in [0.1, 0.15) is 0 Å². The Hall–Kier alpha value is -0.560. The van der Waals surface area contributed by atoms with Gasteiger partial charge in [0.05, 0.1) is 10.6 Å². The summed E-state index contributed by atoms with van der Waals surface area (Å²) in [6, 6.07) is 2.79. The fourth-order valence-electron chi connectivity index (χ4n) is 0.897. The van der Waals surface area contributed by atoms with E-state index in [-0.39, 0.29) is 4.90 Å². The Balaban J connectivity index is 3.52. The first-order valence-electron chi connectivity index (χ1n) is 3.60. The number of azide groups is 1. The van der Waals surface area contributed by atoms with Crippen LogP contribution in [0.1, 0.15) is 0 Å². The molecular weight excluding hydrogens is 350 g/mol. The zero-order valence-electron chi connectivity index (χ0n) is 7.48. The molecule has 5 nitrogen and oxygen atoms in total. The number of nitrogens with zero attached hydrogens (tertiary/aromatic N) is 3. The van der Waals surface area contributed by atoms with Crippen molar-refractivity contribution >= 4 is 47.4 Å². The first kappa shape index (κ1) is 12.5. The highest BCUT2D eigenvalue weighted by Gasteiger charge is 2.12. The minimum Gasteiger partial charge on any atom is -0.224 e. The van der Waals surface area contributed by atoms with E-state index in [1.54, 1.807) is 0 Å². The van der Waals surface area contributed by atoms with Crippen LogP contribution in [0, 0.1) is 0 Å². The van der Waals surface area contributed by atoms with Crippen LogP contribution in [0.15, 0.2) is 31.1 Å². The molecule has 0 spiro atoms. The summed E-state index contributed by atoms with van der Waals surface area (Å²) >= 11 is 6.26. The maximum atomic E-state index is 11.3. The van der Waals surface area contributed by atoms with Gasteiger partial charge in [-0.2, -0.15) is 0 Å². The average Bonchev–Trinajstić information content (AvgIpc) is 2.09. The SMILES string of the molecule is CS(=O)(=O)c1cc(Br)c(N=[N+]=[N-])c(Br)c1. The molecule has 0 bridgehead atoms. The van der Waals surface area contributed by atoms with E-state index >= 15 is 0 Å². The zero-order chi connectivity index (χ0) is 11.6. The Morgan fingerprint density at radius 1 is 1.33 bits per heavy atom. The predicted molar refractivity (Wildman–Crippen MR) is 63.8 cm³/mol. The van der Waals surface area contributed by atoms with Crippen molar-refractivity contribution in [3.8, 4) is 0 Å². The third-order valence-corrected chi connectivity index (χ3v) is 3.86. The summed E-state index contributed by atoms with van der Waals surface area (Å²) in [5.74, 6) is 0. The van der Waals surface area contributed by atoms with Gasteiger partial charge < -0.3 is 0 Å². The zero-order valence-corrected chi connectivity index (χ0v) is 11.5. The number of sulfone groups is 1. The van der Waals surface area contributed by atoms with Gasteiger partial charge in [-0.15, -0.1) is 0 Å². The predicted octanol–water partition coefficient (Wildman–Crippen LogP) is 3.56. The normalized spacial score (nSPS) is 10.9. The van der Waals surface area contributed by atoms with Crippen LogP contribution in [0.25, 0.3) is 10.4 Å². The van der Waals surface area contributed by atoms with E-state index < -0.39 is 9.84 Å². The third-order valence-electron chi connectivity index (χ3n) is 1.56. The minimum atomic E-state index is -3.27. The molecule has 0 unspecified atom stereocenters. The van der Waals surface area contributed by atoms with Crippen LogP contribution < -0.4 is 0 Å². The van der Waals surface area contributed by atoms with Crippen molar-refractivity contribution in [3.05, 3.63) is 31.5 Å². The molecule has 0 aliphatic heterocycles. The van der Waals surface area contributed by atoms with E-state index in [0.29, 0.717) is 14.6 Å². The van der Waals surface area contributed by atoms with E-state index in [0.717, 1.165) is 6.26 Å². The van der Waals surface area contributed by atoms with Crippen molar-refractivity contribution < 1.29 is 8.42 Å². The molecule has 0 N–H and O–H groups in total. The maximum absolute atomic E-state index is 11.3. The van der Waals surface area contributed by atoms with Gasteiger partial charge >= 0.3 is 0 Å². The number of hydrogen-bond donors (Lipinski definition) is 0. The van der Waals surface area contributed by atoms with Gasteiger partial charge in [-0.1, -0.05) is 37.0 Å². The highest BCUT2D eigenvalue weighted by atomic mass is 79.9. The molecule has 1 aromatic rings. The molecule has 0 amide bonds. The molecule has 8 heteroatoms. The van der Waals surface area contributed by atoms with Gasteiger partial charge in [0.2, 0.25) is 0 Å². The molecule has 1 rings (SSSR count). The van der Waals surface area contributed by atoms with Crippen molar-refractivity contribution in [3.63, 3.8) is 0 Å². The second-order valence-electron chi connectivity index (χ2n) is 2.70. The average molecular weight is 355 g/mol. The van der Waals surface area contributed by atoms with Crippen molar-refractivity contribution in [2.75, 3.05) is 6.26 Å². The molecule has 1 aromatic carbocycles. The lowest BCUT2D eigenvalue weighted by Gasteiger charge is -2.04. The highest BCUT2D eigenvalue weighted by Crippen LogP contribution is 2.36. The Morgan fingerprint density at radius 2 is 1.80 bits per heavy atom. The van der Waals surface area contributed by atoms with Crippen molar-refractivity contribution in [2.45, 2.75) is 4.90 Å². The van der Waals surface area contributed by atoms with Crippen LogP contribution in [0.5, 0.6) is 0 Å². The van der Waals surface area contributed by atoms with Crippen LogP contribution in [-0.2, 0) is 9.84 Å². The molecule has 0 radical (unpaired) electrons. The summed E-state index contributed by atoms with van der Waals surface area (Å²) < 4.78 is 23.4. The fourth-order valence-corrected chi connectivity index (χ4v) is 3.21. The topological polar surface area (TPSA) is 82.9 Å². The molecule has 0 atom stereocenters. The number of benzene rings is 1. The molecule has 15 heavy (non-hydrogen) atoms. The standard InChI is InChI=1S/C7H5Br2N3O2S/c1-15(13,14)4-2-5(8)7(11-12-10)6(9)3-4/h2-3H,1H3. The quantitative estimate of drug-likeness (QED) is 0.462. The summed E-state index contributed by atoms with van der Waals surface area (Å²) in [4.78, 5) is 2.79. The van der Waals surface area contributed by atoms with Crippen LogP contribution in [-0.4, -0.2) is 14.7 Å². The summed E-state index contributed by atoms with van der Waals surface area (Å²) in [6.07, 6.45) is 1.11. The van der Waals surface area contributed by atoms with E-state index in [1.807, 2.05) is 0 Å². The number of hydrogen-bond acceptors (Lipinski definition) is 3. The van der Waals surface area contributed by atoms with Gasteiger partial charge in [0, 0.05) is 20.1 Å². The van der Waals surface area contributed by atoms with Gasteiger partial charge in [0.15, 0.2) is 9.84 Å². The molecular formula is C7H5Br2N3O2S. The molecule has 0 aliphatic rings. The Labute approximate surface area is 103 Å². The van der Waals surface area contributed by atoms with Crippen molar-refractivity contribution in [2.24, 2.45) is 5.11 Å². The van der Waals surface area contributed by atoms with Crippen molar-refractivity contribution in [1.82, 2.24) is 0 Å². The first-order chi connectivity index (χ1) is 6.86. The molecule has 0 heterocycles. The summed E-state index contributed by atoms with van der Waals surface area (Å²) in [6.45, 7) is 0. The van der Waals surface area contributed by atoms with Crippen molar-refractivity contribution in [1.29, 1.82) is 0 Å². The van der Waals surface area contributed by atoms with E-state index in [1.165, 1.54) is 12.1 Å². The molecule has 80 valence electrons. The maximum Gasteiger partial charge on any atom is 0.175 e. The lowest BCUT2D eigenvalue weighted by molar-refractivity contribution is 0.602. The molecule has 0 aromatic heterocycles. The Morgan fingerprint density at radius 3 is 2.13 bits per heavy atom. The van der Waals surface area contributed by atoms with E-state index in [9.17, 15) is 8.42 Å². The van der Waals surface area contributed by atoms with E-state index in [2.05, 4.69) is 41.9 Å². The summed E-state index contributed by atoms with van der Waals surface area (Å²) in [7, 11) is -3.27. The van der Waals surface area contributed by atoms with Crippen LogP contribution in [0.3, 0.4) is 0 Å². The fraction of sp³-hybridized carbons (Fsp3) is 0.143. The van der Waals surface area contributed by atoms with Crippen LogP contribution >= 0.6 is 31.9 Å². The van der Waals surface area contributed by atoms with Gasteiger partial charge in [-0.25, -0.2) is 8.42 Å². The van der Waals surface area contributed by atoms with Crippen LogP contribution in [0.4, 0.5) is 5.69 Å². The molecule has 0 aliphatic carbocycles. The minimum absolute atomic E-state index is 0.151. The monoisotopic (exact) mass is 353 g/mol. The lowest BCUT2D eigenvalue weighted by atomic mass is 10.3. The third kappa shape index (κ3) is 2.94. The Bertz CT molecular complexity index is 526. The van der Waals surface area contributed by atoms with Gasteiger partial charge in [0.25, 0.3) is 0 Å². The number of halogens is 2. The first-order valence-corrected chi connectivity index (χ1v) is 7.08. The molecule has 0 saturated carbocycles.